The van der Waals surface area contributed by atoms with Crippen LogP contribution in [0.1, 0.15) is 12.8 Å². The summed E-state index contributed by atoms with van der Waals surface area (Å²) in [5, 5.41) is 2.27. The van der Waals surface area contributed by atoms with Crippen molar-refractivity contribution in [1.82, 2.24) is 14.5 Å². The quantitative estimate of drug-likeness (QED) is 0.692. The van der Waals surface area contributed by atoms with Gasteiger partial charge in [0.15, 0.2) is 0 Å². The van der Waals surface area contributed by atoms with E-state index in [-0.39, 0.29) is 5.41 Å². The average Bonchev–Trinajstić information content (AvgIpc) is 2.75. The molecule has 0 radical (unpaired) electrons. The second kappa shape index (κ2) is 3.97. The van der Waals surface area contributed by atoms with E-state index in [0.717, 1.165) is 53.7 Å². The molecule has 1 spiro atoms. The zero-order valence-corrected chi connectivity index (χ0v) is 12.5. The molecule has 4 heterocycles. The van der Waals surface area contributed by atoms with E-state index in [4.69, 9.17) is 4.98 Å². The largest absolute Gasteiger partial charge is 0.355 e. The molecule has 22 heavy (non-hydrogen) atoms. The Kier molecular flexibility index (Phi) is 2.23. The number of nitrogens with zero attached hydrogens (tertiary/aromatic N) is 4. The summed E-state index contributed by atoms with van der Waals surface area (Å²) in [6.45, 7) is 1.88. The van der Waals surface area contributed by atoms with Crippen LogP contribution in [0.4, 0.5) is 10.2 Å². The molecule has 2 aliphatic rings. The summed E-state index contributed by atoms with van der Waals surface area (Å²) in [7, 11) is 2.04. The van der Waals surface area contributed by atoms with E-state index in [1.165, 1.54) is 0 Å². The number of rotatable bonds is 1. The number of alkyl halides is 1. The third kappa shape index (κ3) is 1.51. The molecular weight excluding hydrogens is 279 g/mol. The van der Waals surface area contributed by atoms with Crippen molar-refractivity contribution >= 4 is 27.8 Å². The van der Waals surface area contributed by atoms with Crippen molar-refractivity contribution in [2.75, 3.05) is 18.0 Å². The molecule has 1 saturated carbocycles. The summed E-state index contributed by atoms with van der Waals surface area (Å²) in [5.41, 5.74) is 2.37. The van der Waals surface area contributed by atoms with E-state index in [1.54, 1.807) is 0 Å². The van der Waals surface area contributed by atoms with Crippen LogP contribution >= 0.6 is 0 Å². The van der Waals surface area contributed by atoms with Crippen LogP contribution in [0.5, 0.6) is 0 Å². The van der Waals surface area contributed by atoms with Crippen LogP contribution in [0.25, 0.3) is 21.9 Å². The molecule has 3 aromatic heterocycles. The van der Waals surface area contributed by atoms with Gasteiger partial charge < -0.3 is 9.47 Å². The third-order valence-electron chi connectivity index (χ3n) is 5.31. The molecule has 0 bridgehead atoms. The minimum atomic E-state index is -0.580. The molecule has 112 valence electrons. The van der Waals surface area contributed by atoms with Crippen LogP contribution < -0.4 is 4.90 Å². The molecule has 1 aliphatic heterocycles. The van der Waals surface area contributed by atoms with Gasteiger partial charge in [-0.3, -0.25) is 4.98 Å². The predicted molar refractivity (Wildman–Crippen MR) is 84.8 cm³/mol. The minimum Gasteiger partial charge on any atom is -0.355 e. The van der Waals surface area contributed by atoms with Crippen molar-refractivity contribution in [3.8, 4) is 0 Å². The molecule has 2 fully saturated rings. The summed E-state index contributed by atoms with van der Waals surface area (Å²) in [6, 6.07) is 6.23. The second-order valence-corrected chi connectivity index (χ2v) is 6.85. The van der Waals surface area contributed by atoms with Crippen LogP contribution in [0.2, 0.25) is 0 Å². The monoisotopic (exact) mass is 296 g/mol. The highest BCUT2D eigenvalue weighted by Gasteiger charge is 2.53. The topological polar surface area (TPSA) is 34.0 Å². The van der Waals surface area contributed by atoms with Crippen LogP contribution in [0.3, 0.4) is 0 Å². The van der Waals surface area contributed by atoms with Gasteiger partial charge in [-0.1, -0.05) is 0 Å². The Hall–Kier alpha value is -2.17. The van der Waals surface area contributed by atoms with E-state index in [1.807, 2.05) is 25.5 Å². The minimum absolute atomic E-state index is 0.235. The van der Waals surface area contributed by atoms with Crippen molar-refractivity contribution in [2.24, 2.45) is 12.5 Å². The molecule has 3 aromatic rings. The number of fused-ring (bicyclic) bond motifs is 3. The lowest BCUT2D eigenvalue weighted by molar-refractivity contribution is 0.000469. The number of hydrogen-bond donors (Lipinski definition) is 0. The van der Waals surface area contributed by atoms with Gasteiger partial charge in [0.1, 0.15) is 17.6 Å². The van der Waals surface area contributed by atoms with Crippen molar-refractivity contribution < 1.29 is 4.39 Å². The molecule has 1 aliphatic carbocycles. The van der Waals surface area contributed by atoms with Crippen molar-refractivity contribution in [1.29, 1.82) is 0 Å². The highest BCUT2D eigenvalue weighted by molar-refractivity contribution is 6.06. The van der Waals surface area contributed by atoms with E-state index >= 15 is 0 Å². The van der Waals surface area contributed by atoms with E-state index in [2.05, 4.69) is 26.6 Å². The van der Waals surface area contributed by atoms with E-state index in [9.17, 15) is 4.39 Å². The molecule has 0 aromatic carbocycles. The van der Waals surface area contributed by atoms with Crippen LogP contribution in [-0.4, -0.2) is 33.8 Å². The first kappa shape index (κ1) is 12.4. The first-order chi connectivity index (χ1) is 10.7. The number of halogens is 1. The lowest BCUT2D eigenvalue weighted by Gasteiger charge is -2.57. The van der Waals surface area contributed by atoms with Gasteiger partial charge >= 0.3 is 0 Å². The third-order valence-corrected chi connectivity index (χ3v) is 5.31. The maximum Gasteiger partial charge on any atom is 0.143 e. The summed E-state index contributed by atoms with van der Waals surface area (Å²) in [5.74, 6) is 0.999. The summed E-state index contributed by atoms with van der Waals surface area (Å²) < 4.78 is 15.2. The first-order valence-electron chi connectivity index (χ1n) is 7.73. The van der Waals surface area contributed by atoms with Gasteiger partial charge in [-0.05, 0) is 31.0 Å². The fourth-order valence-corrected chi connectivity index (χ4v) is 4.15. The number of aryl methyl sites for hydroxylation is 1. The first-order valence-corrected chi connectivity index (χ1v) is 7.73. The fraction of sp³-hybridized carbons (Fsp3) is 0.412. The molecule has 5 heteroatoms. The zero-order chi connectivity index (χ0) is 14.9. The number of hydrogen-bond acceptors (Lipinski definition) is 3. The molecule has 0 atom stereocenters. The Morgan fingerprint density at radius 2 is 2.00 bits per heavy atom. The van der Waals surface area contributed by atoms with Gasteiger partial charge in [-0.15, -0.1) is 0 Å². The fourth-order valence-electron chi connectivity index (χ4n) is 4.15. The normalized spacial score (nSPS) is 20.5. The van der Waals surface area contributed by atoms with Crippen LogP contribution in [0.15, 0.2) is 30.6 Å². The average molecular weight is 296 g/mol. The summed E-state index contributed by atoms with van der Waals surface area (Å²) in [6.07, 6.45) is 4.58. The van der Waals surface area contributed by atoms with Gasteiger partial charge in [0.05, 0.1) is 5.52 Å². The SMILES string of the molecule is Cn1c2ccncc2c2ccc(N3CC4(CC(F)C4)C3)nc21. The van der Waals surface area contributed by atoms with Gasteiger partial charge in [0.2, 0.25) is 0 Å². The molecule has 0 amide bonds. The van der Waals surface area contributed by atoms with Gasteiger partial charge in [0, 0.05) is 48.7 Å². The van der Waals surface area contributed by atoms with E-state index < -0.39 is 6.17 Å². The molecule has 1 saturated heterocycles. The Labute approximate surface area is 127 Å². The Balaban J connectivity index is 1.54. The van der Waals surface area contributed by atoms with Gasteiger partial charge in [0.25, 0.3) is 0 Å². The maximum atomic E-state index is 13.1. The Morgan fingerprint density at radius 1 is 1.18 bits per heavy atom. The number of aromatic nitrogens is 3. The number of anilines is 1. The molecule has 0 unspecified atom stereocenters. The molecule has 5 rings (SSSR count). The van der Waals surface area contributed by atoms with Gasteiger partial charge in [-0.2, -0.15) is 0 Å². The highest BCUT2D eigenvalue weighted by Crippen LogP contribution is 2.50. The maximum absolute atomic E-state index is 13.1. The standard InChI is InChI=1S/C17H17FN4/c1-21-14-4-5-19-8-13(14)12-2-3-15(20-16(12)21)22-9-17(10-22)6-11(18)7-17/h2-5,8,11H,6-7,9-10H2,1H3. The van der Waals surface area contributed by atoms with Crippen molar-refractivity contribution in [3.63, 3.8) is 0 Å². The lowest BCUT2D eigenvalue weighted by atomic mass is 9.62. The summed E-state index contributed by atoms with van der Waals surface area (Å²) >= 11 is 0. The van der Waals surface area contributed by atoms with Crippen molar-refractivity contribution in [2.45, 2.75) is 19.0 Å². The van der Waals surface area contributed by atoms with Crippen LogP contribution in [0, 0.1) is 5.41 Å². The Morgan fingerprint density at radius 3 is 2.77 bits per heavy atom. The smallest absolute Gasteiger partial charge is 0.143 e. The summed E-state index contributed by atoms with van der Waals surface area (Å²) in [4.78, 5) is 11.3. The Bertz CT molecular complexity index is 886. The number of pyridine rings is 2. The highest BCUT2D eigenvalue weighted by atomic mass is 19.1. The molecular formula is C17H17FN4. The lowest BCUT2D eigenvalue weighted by Crippen LogP contribution is -2.63. The van der Waals surface area contributed by atoms with Crippen LogP contribution in [-0.2, 0) is 7.05 Å². The van der Waals surface area contributed by atoms with Crippen molar-refractivity contribution in [3.05, 3.63) is 30.6 Å². The second-order valence-electron chi connectivity index (χ2n) is 6.85. The molecule has 0 N–H and O–H groups in total. The van der Waals surface area contributed by atoms with Gasteiger partial charge in [-0.25, -0.2) is 9.37 Å². The van der Waals surface area contributed by atoms with E-state index in [0.29, 0.717) is 0 Å². The predicted octanol–water partition coefficient (Wildman–Crippen LogP) is 3.06. The molecule has 4 nitrogen and oxygen atoms in total. The zero-order valence-electron chi connectivity index (χ0n) is 12.5.